The lowest BCUT2D eigenvalue weighted by Crippen LogP contribution is -2.19. The number of halogens is 1. The number of carbonyl (C=O) groups excluding carboxylic acids is 1. The van der Waals surface area contributed by atoms with E-state index < -0.39 is 0 Å². The van der Waals surface area contributed by atoms with Gasteiger partial charge in [0.1, 0.15) is 12.4 Å². The van der Waals surface area contributed by atoms with Crippen LogP contribution in [0.4, 0.5) is 0 Å². The molecule has 29 heavy (non-hydrogen) atoms. The standard InChI is InChI=1S/C24H23BrN2O2/c1-17-7-8-20(13-18(17)2)14-24(28)27-26-15-21-5-3-4-6-23(21)29-16-19-9-11-22(25)12-10-19/h3-13,15H,14,16H2,1-2H3,(H,27,28)/b26-15+. The average molecular weight is 451 g/mol. The van der Waals surface area contributed by atoms with Crippen molar-refractivity contribution in [2.24, 2.45) is 5.10 Å². The van der Waals surface area contributed by atoms with Crippen LogP contribution in [-0.4, -0.2) is 12.1 Å². The summed E-state index contributed by atoms with van der Waals surface area (Å²) in [6.45, 7) is 4.55. The number of amides is 1. The van der Waals surface area contributed by atoms with Gasteiger partial charge in [-0.3, -0.25) is 4.79 Å². The van der Waals surface area contributed by atoms with E-state index in [2.05, 4.69) is 33.4 Å². The Morgan fingerprint density at radius 2 is 1.72 bits per heavy atom. The minimum absolute atomic E-state index is 0.155. The van der Waals surface area contributed by atoms with Gasteiger partial charge >= 0.3 is 0 Å². The summed E-state index contributed by atoms with van der Waals surface area (Å²) in [6, 6.07) is 21.6. The molecule has 0 atom stereocenters. The second-order valence-corrected chi connectivity index (χ2v) is 7.76. The van der Waals surface area contributed by atoms with Crippen molar-refractivity contribution in [3.63, 3.8) is 0 Å². The number of nitrogens with one attached hydrogen (secondary N) is 1. The van der Waals surface area contributed by atoms with Crippen molar-refractivity contribution in [1.29, 1.82) is 0 Å². The van der Waals surface area contributed by atoms with E-state index in [1.165, 1.54) is 11.1 Å². The van der Waals surface area contributed by atoms with Crippen molar-refractivity contribution in [2.75, 3.05) is 0 Å². The van der Waals surface area contributed by atoms with Crippen LogP contribution >= 0.6 is 15.9 Å². The highest BCUT2D eigenvalue weighted by Crippen LogP contribution is 2.18. The van der Waals surface area contributed by atoms with E-state index in [4.69, 9.17) is 4.74 Å². The zero-order valence-electron chi connectivity index (χ0n) is 16.5. The number of rotatable bonds is 7. The number of hydrazone groups is 1. The van der Waals surface area contributed by atoms with Gasteiger partial charge in [0.25, 0.3) is 0 Å². The molecule has 0 spiro atoms. The zero-order valence-corrected chi connectivity index (χ0v) is 18.1. The van der Waals surface area contributed by atoms with Crippen LogP contribution in [0.5, 0.6) is 5.75 Å². The van der Waals surface area contributed by atoms with Crippen LogP contribution in [0, 0.1) is 13.8 Å². The molecule has 1 amide bonds. The number of hydrogen-bond donors (Lipinski definition) is 1. The summed E-state index contributed by atoms with van der Waals surface area (Å²) in [5.74, 6) is 0.556. The van der Waals surface area contributed by atoms with Gasteiger partial charge in [-0.1, -0.05) is 58.4 Å². The number of para-hydroxylation sites is 1. The molecule has 0 aliphatic carbocycles. The first-order chi connectivity index (χ1) is 14.0. The minimum atomic E-state index is -0.155. The number of carbonyl (C=O) groups is 1. The number of hydrogen-bond acceptors (Lipinski definition) is 3. The van der Waals surface area contributed by atoms with Crippen LogP contribution < -0.4 is 10.2 Å². The smallest absolute Gasteiger partial charge is 0.244 e. The third kappa shape index (κ3) is 6.29. The SMILES string of the molecule is Cc1ccc(CC(=O)N/N=C/c2ccccc2OCc2ccc(Br)cc2)cc1C. The number of nitrogens with zero attached hydrogens (tertiary/aromatic N) is 1. The van der Waals surface area contributed by atoms with Gasteiger partial charge in [-0.15, -0.1) is 0 Å². The molecule has 0 heterocycles. The van der Waals surface area contributed by atoms with Crippen LogP contribution in [0.2, 0.25) is 0 Å². The van der Waals surface area contributed by atoms with E-state index in [0.29, 0.717) is 18.8 Å². The predicted molar refractivity (Wildman–Crippen MR) is 120 cm³/mol. The Balaban J connectivity index is 1.57. The Morgan fingerprint density at radius 3 is 2.48 bits per heavy atom. The predicted octanol–water partition coefficient (Wildman–Crippen LogP) is 5.34. The second-order valence-electron chi connectivity index (χ2n) is 6.84. The quantitative estimate of drug-likeness (QED) is 0.390. The van der Waals surface area contributed by atoms with Crippen LogP contribution in [-0.2, 0) is 17.8 Å². The maximum Gasteiger partial charge on any atom is 0.244 e. The summed E-state index contributed by atoms with van der Waals surface area (Å²) in [5.41, 5.74) is 7.83. The molecule has 0 unspecified atom stereocenters. The first-order valence-electron chi connectivity index (χ1n) is 9.35. The first kappa shape index (κ1) is 20.8. The van der Waals surface area contributed by atoms with Crippen molar-refractivity contribution < 1.29 is 9.53 Å². The van der Waals surface area contributed by atoms with Crippen LogP contribution in [0.1, 0.15) is 27.8 Å². The third-order valence-corrected chi connectivity index (χ3v) is 5.08. The first-order valence-corrected chi connectivity index (χ1v) is 10.1. The summed E-state index contributed by atoms with van der Waals surface area (Å²) < 4.78 is 6.95. The summed E-state index contributed by atoms with van der Waals surface area (Å²) in [6.07, 6.45) is 1.90. The van der Waals surface area contributed by atoms with Crippen molar-refractivity contribution in [2.45, 2.75) is 26.9 Å². The van der Waals surface area contributed by atoms with E-state index in [9.17, 15) is 4.79 Å². The summed E-state index contributed by atoms with van der Waals surface area (Å²) in [7, 11) is 0. The number of ether oxygens (including phenoxy) is 1. The molecule has 3 rings (SSSR count). The molecule has 0 saturated heterocycles. The molecular formula is C24H23BrN2O2. The van der Waals surface area contributed by atoms with Crippen LogP contribution in [0.15, 0.2) is 76.3 Å². The molecular weight excluding hydrogens is 428 g/mol. The largest absolute Gasteiger partial charge is 0.488 e. The highest BCUT2D eigenvalue weighted by Gasteiger charge is 2.05. The number of benzene rings is 3. The molecule has 0 aromatic heterocycles. The maximum absolute atomic E-state index is 12.2. The average Bonchev–Trinajstić information content (AvgIpc) is 2.71. The monoisotopic (exact) mass is 450 g/mol. The summed E-state index contributed by atoms with van der Waals surface area (Å²) in [5, 5.41) is 4.09. The summed E-state index contributed by atoms with van der Waals surface area (Å²) in [4.78, 5) is 12.2. The normalized spacial score (nSPS) is 10.9. The van der Waals surface area contributed by atoms with Crippen molar-refractivity contribution in [1.82, 2.24) is 5.43 Å². The van der Waals surface area contributed by atoms with Crippen molar-refractivity contribution >= 4 is 28.1 Å². The van der Waals surface area contributed by atoms with Gasteiger partial charge in [0, 0.05) is 10.0 Å². The fourth-order valence-corrected chi connectivity index (χ4v) is 3.04. The highest BCUT2D eigenvalue weighted by molar-refractivity contribution is 9.10. The lowest BCUT2D eigenvalue weighted by atomic mass is 10.0. The van der Waals surface area contributed by atoms with Gasteiger partial charge in [0.2, 0.25) is 5.91 Å². The lowest BCUT2D eigenvalue weighted by Gasteiger charge is -2.09. The Labute approximate surface area is 179 Å². The highest BCUT2D eigenvalue weighted by atomic mass is 79.9. The van der Waals surface area contributed by atoms with Gasteiger partial charge in [-0.25, -0.2) is 5.43 Å². The van der Waals surface area contributed by atoms with Gasteiger partial charge in [0.05, 0.1) is 12.6 Å². The molecule has 0 bridgehead atoms. The molecule has 0 aliphatic rings. The van der Waals surface area contributed by atoms with E-state index in [-0.39, 0.29) is 5.91 Å². The van der Waals surface area contributed by atoms with Gasteiger partial charge < -0.3 is 4.74 Å². The Morgan fingerprint density at radius 1 is 1.00 bits per heavy atom. The topological polar surface area (TPSA) is 50.7 Å². The van der Waals surface area contributed by atoms with Crippen molar-refractivity contribution in [3.8, 4) is 5.75 Å². The van der Waals surface area contributed by atoms with E-state index in [0.717, 1.165) is 21.2 Å². The van der Waals surface area contributed by atoms with E-state index in [1.54, 1.807) is 6.21 Å². The molecule has 148 valence electrons. The zero-order chi connectivity index (χ0) is 20.6. The third-order valence-electron chi connectivity index (χ3n) is 4.56. The molecule has 3 aromatic rings. The van der Waals surface area contributed by atoms with E-state index >= 15 is 0 Å². The maximum atomic E-state index is 12.2. The molecule has 0 radical (unpaired) electrons. The number of aryl methyl sites for hydroxylation is 2. The Kier molecular flexibility index (Phi) is 7.19. The molecule has 3 aromatic carbocycles. The van der Waals surface area contributed by atoms with Gasteiger partial charge in [0.15, 0.2) is 0 Å². The van der Waals surface area contributed by atoms with Crippen molar-refractivity contribution in [3.05, 3.63) is 99.0 Å². The van der Waals surface area contributed by atoms with Gasteiger partial charge in [-0.05, 0) is 60.4 Å². The molecule has 5 heteroatoms. The Hall–Kier alpha value is -2.92. The molecule has 1 N–H and O–H groups in total. The Bertz CT molecular complexity index is 1010. The van der Waals surface area contributed by atoms with Crippen LogP contribution in [0.3, 0.4) is 0 Å². The van der Waals surface area contributed by atoms with Crippen LogP contribution in [0.25, 0.3) is 0 Å². The second kappa shape index (κ2) is 10.0. The van der Waals surface area contributed by atoms with Gasteiger partial charge in [-0.2, -0.15) is 5.10 Å². The molecule has 4 nitrogen and oxygen atoms in total. The minimum Gasteiger partial charge on any atom is -0.488 e. The fraction of sp³-hybridized carbons (Fsp3) is 0.167. The molecule has 0 saturated carbocycles. The fourth-order valence-electron chi connectivity index (χ4n) is 2.77. The van der Waals surface area contributed by atoms with E-state index in [1.807, 2.05) is 73.7 Å². The lowest BCUT2D eigenvalue weighted by molar-refractivity contribution is -0.120. The summed E-state index contributed by atoms with van der Waals surface area (Å²) >= 11 is 3.43. The molecule has 0 fully saturated rings. The molecule has 0 aliphatic heterocycles.